The number of aliphatic hydroxyl groups is 1. The summed E-state index contributed by atoms with van der Waals surface area (Å²) in [5, 5.41) is 9.74. The summed E-state index contributed by atoms with van der Waals surface area (Å²) in [7, 11) is 0. The van der Waals surface area contributed by atoms with E-state index in [0.717, 1.165) is 12.8 Å². The lowest BCUT2D eigenvalue weighted by molar-refractivity contribution is 0.0810. The Hall–Kier alpha value is -1.08. The van der Waals surface area contributed by atoms with Gasteiger partial charge in [-0.05, 0) is 51.7 Å². The summed E-state index contributed by atoms with van der Waals surface area (Å²) in [5.41, 5.74) is 3.32. The molecule has 0 aliphatic heterocycles. The van der Waals surface area contributed by atoms with Crippen LogP contribution in [0.4, 0.5) is 0 Å². The highest BCUT2D eigenvalue weighted by atomic mass is 16.3. The summed E-state index contributed by atoms with van der Waals surface area (Å²) in [4.78, 5) is 0. The number of aryl methyl sites for hydroxylation is 1. The lowest BCUT2D eigenvalue weighted by Gasteiger charge is -2.17. The molecule has 0 bridgehead atoms. The van der Waals surface area contributed by atoms with Crippen molar-refractivity contribution in [2.75, 3.05) is 0 Å². The number of allylic oxidation sites excluding steroid dienone is 2. The molecule has 1 heteroatoms. The molecule has 1 N–H and O–H groups in total. The smallest absolute Gasteiger partial charge is 0.0631 e. The predicted molar refractivity (Wildman–Crippen MR) is 74.2 cm³/mol. The van der Waals surface area contributed by atoms with E-state index in [0.29, 0.717) is 6.42 Å². The van der Waals surface area contributed by atoms with Crippen LogP contribution in [0.2, 0.25) is 0 Å². The Balaban J connectivity index is 2.53. The zero-order valence-electron chi connectivity index (χ0n) is 11.5. The third-order valence-electron chi connectivity index (χ3n) is 2.65. The van der Waals surface area contributed by atoms with Gasteiger partial charge in [-0.25, -0.2) is 0 Å². The highest BCUT2D eigenvalue weighted by Crippen LogP contribution is 2.14. The number of hydrogen-bond acceptors (Lipinski definition) is 1. The lowest BCUT2D eigenvalue weighted by atomic mass is 9.97. The molecule has 1 aromatic carbocycles. The van der Waals surface area contributed by atoms with Gasteiger partial charge >= 0.3 is 0 Å². The van der Waals surface area contributed by atoms with Crippen molar-refractivity contribution in [3.8, 4) is 0 Å². The summed E-state index contributed by atoms with van der Waals surface area (Å²) in [6.45, 7) is 7.95. The molecule has 0 saturated heterocycles. The average molecular weight is 232 g/mol. The quantitative estimate of drug-likeness (QED) is 0.763. The van der Waals surface area contributed by atoms with Gasteiger partial charge in [0.05, 0.1) is 5.60 Å². The second-order valence-corrected chi connectivity index (χ2v) is 5.63. The van der Waals surface area contributed by atoms with Crippen LogP contribution in [0, 0.1) is 0 Å². The molecule has 0 unspecified atom stereocenters. The Morgan fingerprint density at radius 3 is 2.12 bits per heavy atom. The SMILES string of the molecule is CC(C)=CCCc1ccc(CC(C)(C)O)cc1. The van der Waals surface area contributed by atoms with Crippen molar-refractivity contribution < 1.29 is 5.11 Å². The Bertz CT molecular complexity index is 362. The molecule has 17 heavy (non-hydrogen) atoms. The zero-order chi connectivity index (χ0) is 12.9. The van der Waals surface area contributed by atoms with Crippen molar-refractivity contribution in [3.05, 3.63) is 47.0 Å². The molecule has 1 rings (SSSR count). The molecule has 0 fully saturated rings. The standard InChI is InChI=1S/C16H24O/c1-13(2)6-5-7-14-8-10-15(11-9-14)12-16(3,4)17/h6,8-11,17H,5,7,12H2,1-4H3. The summed E-state index contributed by atoms with van der Waals surface area (Å²) in [5.74, 6) is 0. The fourth-order valence-electron chi connectivity index (χ4n) is 1.85. The van der Waals surface area contributed by atoms with Crippen LogP contribution >= 0.6 is 0 Å². The predicted octanol–water partition coefficient (Wildman–Crippen LogP) is 3.90. The molecule has 0 saturated carbocycles. The highest BCUT2D eigenvalue weighted by molar-refractivity contribution is 5.24. The largest absolute Gasteiger partial charge is 0.390 e. The zero-order valence-corrected chi connectivity index (χ0v) is 11.5. The average Bonchev–Trinajstić information content (AvgIpc) is 2.18. The van der Waals surface area contributed by atoms with Crippen molar-refractivity contribution in [1.29, 1.82) is 0 Å². The van der Waals surface area contributed by atoms with Crippen LogP contribution in [0.15, 0.2) is 35.9 Å². The Labute approximate surface area is 105 Å². The van der Waals surface area contributed by atoms with Crippen LogP contribution in [0.3, 0.4) is 0 Å². The van der Waals surface area contributed by atoms with Crippen LogP contribution in [0.25, 0.3) is 0 Å². The molecular formula is C16H24O. The first-order chi connectivity index (χ1) is 7.87. The van der Waals surface area contributed by atoms with E-state index in [2.05, 4.69) is 44.2 Å². The van der Waals surface area contributed by atoms with Crippen LogP contribution < -0.4 is 0 Å². The summed E-state index contributed by atoms with van der Waals surface area (Å²) >= 11 is 0. The first-order valence-electron chi connectivity index (χ1n) is 6.30. The van der Waals surface area contributed by atoms with Gasteiger partial charge in [-0.2, -0.15) is 0 Å². The Kier molecular flexibility index (Phi) is 4.95. The third kappa shape index (κ3) is 6.28. The van der Waals surface area contributed by atoms with E-state index >= 15 is 0 Å². The van der Waals surface area contributed by atoms with Crippen LogP contribution in [-0.4, -0.2) is 10.7 Å². The minimum absolute atomic E-state index is 0.621. The van der Waals surface area contributed by atoms with Gasteiger partial charge in [0, 0.05) is 6.42 Å². The normalized spacial score (nSPS) is 11.4. The van der Waals surface area contributed by atoms with E-state index in [1.807, 2.05) is 13.8 Å². The third-order valence-corrected chi connectivity index (χ3v) is 2.65. The number of benzene rings is 1. The van der Waals surface area contributed by atoms with Gasteiger partial charge in [-0.3, -0.25) is 0 Å². The maximum absolute atomic E-state index is 9.74. The molecule has 0 aliphatic carbocycles. The van der Waals surface area contributed by atoms with Gasteiger partial charge in [0.2, 0.25) is 0 Å². The molecule has 0 spiro atoms. The molecule has 0 aromatic heterocycles. The van der Waals surface area contributed by atoms with Gasteiger partial charge < -0.3 is 5.11 Å². The maximum Gasteiger partial charge on any atom is 0.0631 e. The summed E-state index contributed by atoms with van der Waals surface area (Å²) < 4.78 is 0. The van der Waals surface area contributed by atoms with Crippen molar-refractivity contribution >= 4 is 0 Å². The fourth-order valence-corrected chi connectivity index (χ4v) is 1.85. The van der Waals surface area contributed by atoms with Gasteiger partial charge in [-0.1, -0.05) is 35.9 Å². The van der Waals surface area contributed by atoms with Crippen LogP contribution in [0.1, 0.15) is 45.2 Å². The van der Waals surface area contributed by atoms with Crippen LogP contribution in [0.5, 0.6) is 0 Å². The Morgan fingerprint density at radius 1 is 1.12 bits per heavy atom. The van der Waals surface area contributed by atoms with Crippen molar-refractivity contribution in [3.63, 3.8) is 0 Å². The van der Waals surface area contributed by atoms with Crippen molar-refractivity contribution in [1.82, 2.24) is 0 Å². The maximum atomic E-state index is 9.74. The number of hydrogen-bond donors (Lipinski definition) is 1. The van der Waals surface area contributed by atoms with E-state index < -0.39 is 5.60 Å². The molecule has 94 valence electrons. The second kappa shape index (κ2) is 6.02. The molecule has 1 aromatic rings. The fraction of sp³-hybridized carbons (Fsp3) is 0.500. The number of rotatable bonds is 5. The summed E-state index contributed by atoms with van der Waals surface area (Å²) in [6, 6.07) is 8.57. The minimum Gasteiger partial charge on any atom is -0.390 e. The Morgan fingerprint density at radius 2 is 1.65 bits per heavy atom. The first kappa shape index (κ1) is 14.0. The van der Waals surface area contributed by atoms with Gasteiger partial charge in [0.1, 0.15) is 0 Å². The molecule has 0 amide bonds. The van der Waals surface area contributed by atoms with Crippen molar-refractivity contribution in [2.24, 2.45) is 0 Å². The van der Waals surface area contributed by atoms with Crippen LogP contribution in [-0.2, 0) is 12.8 Å². The van der Waals surface area contributed by atoms with E-state index in [4.69, 9.17) is 0 Å². The second-order valence-electron chi connectivity index (χ2n) is 5.63. The lowest BCUT2D eigenvalue weighted by Crippen LogP contribution is -2.21. The minimum atomic E-state index is -0.621. The van der Waals surface area contributed by atoms with Gasteiger partial charge in [0.25, 0.3) is 0 Å². The topological polar surface area (TPSA) is 20.2 Å². The molecule has 0 aliphatic rings. The summed E-state index contributed by atoms with van der Waals surface area (Å²) in [6.07, 6.45) is 5.17. The monoisotopic (exact) mass is 232 g/mol. The van der Waals surface area contributed by atoms with Gasteiger partial charge in [-0.15, -0.1) is 0 Å². The molecular weight excluding hydrogens is 208 g/mol. The van der Waals surface area contributed by atoms with E-state index in [9.17, 15) is 5.11 Å². The van der Waals surface area contributed by atoms with Gasteiger partial charge in [0.15, 0.2) is 0 Å². The van der Waals surface area contributed by atoms with E-state index in [1.54, 1.807) is 0 Å². The molecule has 0 heterocycles. The molecule has 0 atom stereocenters. The van der Waals surface area contributed by atoms with Crippen molar-refractivity contribution in [2.45, 2.75) is 52.6 Å². The molecule has 0 radical (unpaired) electrons. The first-order valence-corrected chi connectivity index (χ1v) is 6.30. The van der Waals surface area contributed by atoms with E-state index in [-0.39, 0.29) is 0 Å². The molecule has 1 nitrogen and oxygen atoms in total. The highest BCUT2D eigenvalue weighted by Gasteiger charge is 2.12. The van der Waals surface area contributed by atoms with E-state index in [1.165, 1.54) is 16.7 Å².